The van der Waals surface area contributed by atoms with Gasteiger partial charge in [-0.3, -0.25) is 0 Å². The van der Waals surface area contributed by atoms with Crippen LogP contribution in [0.15, 0.2) is 12.1 Å². The van der Waals surface area contributed by atoms with E-state index in [0.717, 1.165) is 24.3 Å². The molecule has 0 radical (unpaired) electrons. The van der Waals surface area contributed by atoms with Crippen LogP contribution in [0.1, 0.15) is 30.4 Å². The van der Waals surface area contributed by atoms with Crippen LogP contribution < -0.4 is 15.8 Å². The van der Waals surface area contributed by atoms with E-state index in [4.69, 9.17) is 10.5 Å². The number of nitrogens with two attached hydrogens (primary N) is 1. The molecule has 1 aromatic rings. The summed E-state index contributed by atoms with van der Waals surface area (Å²) in [5, 5.41) is 3.53. The van der Waals surface area contributed by atoms with E-state index in [1.54, 1.807) is 7.11 Å². The number of benzene rings is 1. The molecule has 2 unspecified atom stereocenters. The fourth-order valence-corrected chi connectivity index (χ4v) is 2.44. The van der Waals surface area contributed by atoms with Crippen LogP contribution in [0.5, 0.6) is 5.75 Å². The van der Waals surface area contributed by atoms with Crippen molar-refractivity contribution in [2.24, 2.45) is 5.73 Å². The normalized spacial score (nSPS) is 23.8. The lowest BCUT2D eigenvalue weighted by atomic mass is 10.1. The van der Waals surface area contributed by atoms with Crippen molar-refractivity contribution in [3.05, 3.63) is 23.3 Å². The van der Waals surface area contributed by atoms with Crippen molar-refractivity contribution >= 4 is 5.69 Å². The number of hydrogen-bond acceptors (Lipinski definition) is 3. The maximum atomic E-state index is 6.08. The first-order valence-electron chi connectivity index (χ1n) is 6.29. The molecule has 0 amide bonds. The molecule has 0 spiro atoms. The summed E-state index contributed by atoms with van der Waals surface area (Å²) >= 11 is 0. The molecule has 1 aliphatic rings. The van der Waals surface area contributed by atoms with Crippen molar-refractivity contribution in [2.45, 2.75) is 45.2 Å². The van der Waals surface area contributed by atoms with E-state index in [9.17, 15) is 0 Å². The smallest absolute Gasteiger partial charge is 0.142 e. The number of ether oxygens (including phenoxy) is 1. The molecule has 0 saturated heterocycles. The molecular weight excluding hydrogens is 212 g/mol. The third kappa shape index (κ3) is 2.55. The highest BCUT2D eigenvalue weighted by Gasteiger charge is 2.24. The number of anilines is 1. The van der Waals surface area contributed by atoms with E-state index in [0.29, 0.717) is 6.04 Å². The number of nitrogens with one attached hydrogen (secondary N) is 1. The van der Waals surface area contributed by atoms with Gasteiger partial charge in [0, 0.05) is 12.1 Å². The molecule has 1 aromatic carbocycles. The zero-order valence-corrected chi connectivity index (χ0v) is 10.9. The van der Waals surface area contributed by atoms with E-state index < -0.39 is 0 Å². The van der Waals surface area contributed by atoms with Crippen molar-refractivity contribution in [3.63, 3.8) is 0 Å². The molecule has 1 aliphatic carbocycles. The van der Waals surface area contributed by atoms with Gasteiger partial charge in [0.15, 0.2) is 0 Å². The summed E-state index contributed by atoms with van der Waals surface area (Å²) < 4.78 is 5.42. The van der Waals surface area contributed by atoms with Gasteiger partial charge in [0.2, 0.25) is 0 Å². The largest absolute Gasteiger partial charge is 0.495 e. The highest BCUT2D eigenvalue weighted by Crippen LogP contribution is 2.31. The molecule has 2 atom stereocenters. The Morgan fingerprint density at radius 3 is 2.53 bits per heavy atom. The molecule has 0 bridgehead atoms. The number of rotatable bonds is 3. The minimum Gasteiger partial charge on any atom is -0.495 e. The summed E-state index contributed by atoms with van der Waals surface area (Å²) in [4.78, 5) is 0. The molecule has 1 fully saturated rings. The van der Waals surface area contributed by atoms with Crippen LogP contribution in [-0.2, 0) is 0 Å². The third-order valence-electron chi connectivity index (χ3n) is 3.73. The molecule has 2 rings (SSSR count). The summed E-state index contributed by atoms with van der Waals surface area (Å²) in [5.41, 5.74) is 9.68. The monoisotopic (exact) mass is 234 g/mol. The zero-order valence-electron chi connectivity index (χ0n) is 10.9. The van der Waals surface area contributed by atoms with Gasteiger partial charge in [-0.1, -0.05) is 0 Å². The van der Waals surface area contributed by atoms with Crippen molar-refractivity contribution in [1.82, 2.24) is 0 Å². The van der Waals surface area contributed by atoms with Gasteiger partial charge in [-0.25, -0.2) is 0 Å². The summed E-state index contributed by atoms with van der Waals surface area (Å²) in [6, 6.07) is 4.88. The lowest BCUT2D eigenvalue weighted by molar-refractivity contribution is 0.415. The van der Waals surface area contributed by atoms with Crippen LogP contribution in [-0.4, -0.2) is 19.2 Å². The first-order valence-corrected chi connectivity index (χ1v) is 6.29. The number of aryl methyl sites for hydroxylation is 2. The Labute approximate surface area is 103 Å². The van der Waals surface area contributed by atoms with Crippen molar-refractivity contribution < 1.29 is 4.74 Å². The molecule has 1 saturated carbocycles. The fraction of sp³-hybridized carbons (Fsp3) is 0.571. The Kier molecular flexibility index (Phi) is 3.57. The fourth-order valence-electron chi connectivity index (χ4n) is 2.44. The van der Waals surface area contributed by atoms with Crippen molar-refractivity contribution in [2.75, 3.05) is 12.4 Å². The second-order valence-corrected chi connectivity index (χ2v) is 4.98. The second kappa shape index (κ2) is 4.96. The average molecular weight is 234 g/mol. The summed E-state index contributed by atoms with van der Waals surface area (Å²) in [6.45, 7) is 4.22. The van der Waals surface area contributed by atoms with Gasteiger partial charge >= 0.3 is 0 Å². The van der Waals surface area contributed by atoms with Crippen molar-refractivity contribution in [1.29, 1.82) is 0 Å². The van der Waals surface area contributed by atoms with Crippen LogP contribution in [0.3, 0.4) is 0 Å². The molecule has 3 heteroatoms. The Morgan fingerprint density at radius 2 is 1.94 bits per heavy atom. The van der Waals surface area contributed by atoms with E-state index in [2.05, 4.69) is 31.3 Å². The average Bonchev–Trinajstić information content (AvgIpc) is 2.69. The van der Waals surface area contributed by atoms with Gasteiger partial charge in [0.05, 0.1) is 12.8 Å². The number of hydrogen-bond donors (Lipinski definition) is 2. The zero-order chi connectivity index (χ0) is 12.4. The van der Waals surface area contributed by atoms with Crippen LogP contribution in [0.4, 0.5) is 5.69 Å². The standard InChI is InChI=1S/C14H22N2O/c1-9-7-13(14(17-3)8-10(9)2)16-12-6-4-5-11(12)15/h7-8,11-12,16H,4-6,15H2,1-3H3. The molecule has 0 heterocycles. The minimum absolute atomic E-state index is 0.265. The van der Waals surface area contributed by atoms with Gasteiger partial charge in [-0.2, -0.15) is 0 Å². The first kappa shape index (κ1) is 12.2. The van der Waals surface area contributed by atoms with Crippen LogP contribution in [0, 0.1) is 13.8 Å². The molecule has 3 N–H and O–H groups in total. The highest BCUT2D eigenvalue weighted by atomic mass is 16.5. The van der Waals surface area contributed by atoms with Crippen LogP contribution >= 0.6 is 0 Å². The topological polar surface area (TPSA) is 47.3 Å². The van der Waals surface area contributed by atoms with Gasteiger partial charge in [0.25, 0.3) is 0 Å². The lowest BCUT2D eigenvalue weighted by Crippen LogP contribution is -2.35. The molecular formula is C14H22N2O. The van der Waals surface area contributed by atoms with E-state index in [1.807, 2.05) is 0 Å². The van der Waals surface area contributed by atoms with E-state index in [1.165, 1.54) is 17.5 Å². The van der Waals surface area contributed by atoms with E-state index >= 15 is 0 Å². The predicted octanol–water partition coefficient (Wildman–Crippen LogP) is 2.60. The third-order valence-corrected chi connectivity index (χ3v) is 3.73. The SMILES string of the molecule is COc1cc(C)c(C)cc1NC1CCCC1N. The molecule has 3 nitrogen and oxygen atoms in total. The molecule has 0 aliphatic heterocycles. The summed E-state index contributed by atoms with van der Waals surface area (Å²) in [5.74, 6) is 0.909. The van der Waals surface area contributed by atoms with Crippen LogP contribution in [0.25, 0.3) is 0 Å². The predicted molar refractivity (Wildman–Crippen MR) is 71.7 cm³/mol. The Bertz CT molecular complexity index is 403. The van der Waals surface area contributed by atoms with Gasteiger partial charge in [-0.15, -0.1) is 0 Å². The van der Waals surface area contributed by atoms with Gasteiger partial charge < -0.3 is 15.8 Å². The Balaban J connectivity index is 2.22. The Morgan fingerprint density at radius 1 is 1.24 bits per heavy atom. The summed E-state index contributed by atoms with van der Waals surface area (Å²) in [7, 11) is 1.71. The van der Waals surface area contributed by atoms with E-state index in [-0.39, 0.29) is 6.04 Å². The van der Waals surface area contributed by atoms with Gasteiger partial charge in [0.1, 0.15) is 5.75 Å². The minimum atomic E-state index is 0.265. The lowest BCUT2D eigenvalue weighted by Gasteiger charge is -2.21. The first-order chi connectivity index (χ1) is 8.11. The molecule has 0 aromatic heterocycles. The number of methoxy groups -OCH3 is 1. The molecule has 17 heavy (non-hydrogen) atoms. The quantitative estimate of drug-likeness (QED) is 0.845. The molecule has 94 valence electrons. The Hall–Kier alpha value is -1.22. The van der Waals surface area contributed by atoms with Crippen molar-refractivity contribution in [3.8, 4) is 5.75 Å². The maximum absolute atomic E-state index is 6.08. The second-order valence-electron chi connectivity index (χ2n) is 4.98. The van der Waals surface area contributed by atoms with Crippen LogP contribution in [0.2, 0.25) is 0 Å². The summed E-state index contributed by atoms with van der Waals surface area (Å²) in [6.07, 6.45) is 3.48. The highest BCUT2D eigenvalue weighted by molar-refractivity contribution is 5.60. The van der Waals surface area contributed by atoms with Gasteiger partial charge in [-0.05, 0) is 56.4 Å². The maximum Gasteiger partial charge on any atom is 0.142 e.